The van der Waals surface area contributed by atoms with E-state index in [2.05, 4.69) is 29.3 Å². The second-order valence-electron chi connectivity index (χ2n) is 6.65. The van der Waals surface area contributed by atoms with Gasteiger partial charge in [-0.05, 0) is 31.9 Å². The molecule has 2 N–H and O–H groups in total. The van der Waals surface area contributed by atoms with Crippen molar-refractivity contribution in [3.63, 3.8) is 0 Å². The summed E-state index contributed by atoms with van der Waals surface area (Å²) in [6.07, 6.45) is 0. The third-order valence-corrected chi connectivity index (χ3v) is 6.36. The summed E-state index contributed by atoms with van der Waals surface area (Å²) in [5.74, 6) is 0.377. The maximum atomic E-state index is 13.0. The first-order chi connectivity index (χ1) is 12.0. The van der Waals surface area contributed by atoms with Crippen LogP contribution in [-0.4, -0.2) is 33.6 Å². The van der Waals surface area contributed by atoms with Crippen molar-refractivity contribution in [2.75, 3.05) is 12.3 Å². The van der Waals surface area contributed by atoms with Gasteiger partial charge in [0.25, 0.3) is 5.91 Å². The summed E-state index contributed by atoms with van der Waals surface area (Å²) >= 11 is 1.34. The van der Waals surface area contributed by atoms with E-state index in [1.165, 1.54) is 16.9 Å². The van der Waals surface area contributed by atoms with Crippen molar-refractivity contribution in [1.82, 2.24) is 15.1 Å². The zero-order valence-electron chi connectivity index (χ0n) is 14.5. The van der Waals surface area contributed by atoms with Gasteiger partial charge in [-0.2, -0.15) is 5.10 Å². The number of thiophene rings is 1. The largest absolute Gasteiger partial charge is 0.397 e. The molecule has 3 heterocycles. The van der Waals surface area contributed by atoms with Gasteiger partial charge in [-0.3, -0.25) is 4.79 Å². The summed E-state index contributed by atoms with van der Waals surface area (Å²) in [4.78, 5) is 16.2. The van der Waals surface area contributed by atoms with Crippen molar-refractivity contribution in [3.05, 3.63) is 52.0 Å². The molecule has 1 fully saturated rings. The highest BCUT2D eigenvalue weighted by molar-refractivity contribution is 7.21. The lowest BCUT2D eigenvalue weighted by Gasteiger charge is -2.46. The first-order valence-electron chi connectivity index (χ1n) is 8.36. The summed E-state index contributed by atoms with van der Waals surface area (Å²) in [5.41, 5.74) is 9.97. The fraction of sp³-hybridized carbons (Fsp3) is 0.316. The number of hydrogen-bond acceptors (Lipinski definition) is 5. The number of benzene rings is 1. The molecule has 0 bridgehead atoms. The van der Waals surface area contributed by atoms with Crippen molar-refractivity contribution in [3.8, 4) is 0 Å². The van der Waals surface area contributed by atoms with Gasteiger partial charge in [0.15, 0.2) is 0 Å². The molecule has 1 aliphatic heterocycles. The number of carbonyl (C=O) groups is 1. The molecule has 5 nitrogen and oxygen atoms in total. The topological polar surface area (TPSA) is 72.1 Å². The Morgan fingerprint density at radius 2 is 1.96 bits per heavy atom. The van der Waals surface area contributed by atoms with Crippen molar-refractivity contribution in [2.24, 2.45) is 0 Å². The van der Waals surface area contributed by atoms with Crippen molar-refractivity contribution >= 4 is 33.1 Å². The van der Waals surface area contributed by atoms with Crippen LogP contribution < -0.4 is 5.73 Å². The molecular formula is C19H20N4OS. The average Bonchev–Trinajstić information content (AvgIpc) is 2.95. The van der Waals surface area contributed by atoms with E-state index < -0.39 is 0 Å². The Morgan fingerprint density at radius 3 is 2.64 bits per heavy atom. The Morgan fingerprint density at radius 1 is 1.24 bits per heavy atom. The fourth-order valence-electron chi connectivity index (χ4n) is 3.49. The molecule has 1 aliphatic rings. The molecule has 0 saturated carbocycles. The van der Waals surface area contributed by atoms with Crippen molar-refractivity contribution in [1.29, 1.82) is 0 Å². The van der Waals surface area contributed by atoms with E-state index in [0.717, 1.165) is 28.0 Å². The minimum atomic E-state index is -0.00256. The zero-order chi connectivity index (χ0) is 17.7. The highest BCUT2D eigenvalue weighted by Gasteiger charge is 2.41. The molecule has 1 amide bonds. The number of nitrogens with two attached hydrogens (primary N) is 1. The number of aromatic nitrogens is 2. The van der Waals surface area contributed by atoms with Gasteiger partial charge in [0.05, 0.1) is 11.4 Å². The molecule has 128 valence electrons. The molecule has 1 aromatic carbocycles. The number of likely N-dealkylation sites (tertiary alicyclic amines) is 1. The van der Waals surface area contributed by atoms with E-state index in [-0.39, 0.29) is 11.9 Å². The van der Waals surface area contributed by atoms with Gasteiger partial charge in [-0.15, -0.1) is 16.4 Å². The molecule has 6 heteroatoms. The highest BCUT2D eigenvalue weighted by atomic mass is 32.1. The lowest BCUT2D eigenvalue weighted by atomic mass is 9.83. The van der Waals surface area contributed by atoms with E-state index in [4.69, 9.17) is 5.73 Å². The monoisotopic (exact) mass is 352 g/mol. The number of nitrogens with zero attached hydrogens (tertiary/aromatic N) is 3. The number of fused-ring (bicyclic) bond motifs is 1. The molecule has 2 unspecified atom stereocenters. The normalized spacial score (nSPS) is 19.9. The van der Waals surface area contributed by atoms with E-state index in [1.54, 1.807) is 0 Å². The number of rotatable bonds is 2. The van der Waals surface area contributed by atoms with Crippen LogP contribution in [0.1, 0.15) is 39.3 Å². The van der Waals surface area contributed by atoms with Gasteiger partial charge in [0.2, 0.25) is 0 Å². The number of amides is 1. The highest BCUT2D eigenvalue weighted by Crippen LogP contribution is 2.40. The predicted octanol–water partition coefficient (Wildman–Crippen LogP) is 3.52. The minimum Gasteiger partial charge on any atom is -0.397 e. The molecule has 1 saturated heterocycles. The van der Waals surface area contributed by atoms with Crippen LogP contribution in [0, 0.1) is 13.8 Å². The van der Waals surface area contributed by atoms with Crippen molar-refractivity contribution in [2.45, 2.75) is 32.7 Å². The average molecular weight is 352 g/mol. The van der Waals surface area contributed by atoms with E-state index in [0.29, 0.717) is 16.5 Å². The van der Waals surface area contributed by atoms with Gasteiger partial charge in [-0.25, -0.2) is 0 Å². The van der Waals surface area contributed by atoms with Gasteiger partial charge in [-0.1, -0.05) is 30.3 Å². The standard InChI is InChI=1S/C19H20N4OS/c1-10-11(2)21-22-18-15(10)16(20)17(25-18)19(24)23-9-14(12(23)3)13-7-5-4-6-8-13/h4-8,12,14H,9,20H2,1-3H3. The van der Waals surface area contributed by atoms with E-state index in [1.807, 2.05) is 36.9 Å². The molecule has 0 spiro atoms. The third kappa shape index (κ3) is 2.40. The van der Waals surface area contributed by atoms with Gasteiger partial charge < -0.3 is 10.6 Å². The predicted molar refractivity (Wildman–Crippen MR) is 101 cm³/mol. The van der Waals surface area contributed by atoms with Gasteiger partial charge in [0.1, 0.15) is 9.71 Å². The fourth-order valence-corrected chi connectivity index (χ4v) is 4.55. The summed E-state index contributed by atoms with van der Waals surface area (Å²) in [5, 5.41) is 9.22. The molecule has 25 heavy (non-hydrogen) atoms. The summed E-state index contributed by atoms with van der Waals surface area (Å²) in [6.45, 7) is 6.70. The maximum absolute atomic E-state index is 13.0. The second-order valence-corrected chi connectivity index (χ2v) is 7.65. The first-order valence-corrected chi connectivity index (χ1v) is 9.18. The first kappa shape index (κ1) is 16.0. The molecule has 0 radical (unpaired) electrons. The van der Waals surface area contributed by atoms with Crippen molar-refractivity contribution < 1.29 is 4.79 Å². The second kappa shape index (κ2) is 5.81. The molecule has 0 aliphatic carbocycles. The Kier molecular flexibility index (Phi) is 3.72. The van der Waals surface area contributed by atoms with E-state index in [9.17, 15) is 4.79 Å². The number of hydrogen-bond donors (Lipinski definition) is 1. The van der Waals surface area contributed by atoms with Gasteiger partial charge in [0, 0.05) is 23.9 Å². The van der Waals surface area contributed by atoms with Crippen LogP contribution >= 0.6 is 11.3 Å². The Labute approximate surface area is 150 Å². The summed E-state index contributed by atoms with van der Waals surface area (Å²) < 4.78 is 0. The number of aryl methyl sites for hydroxylation is 2. The smallest absolute Gasteiger partial charge is 0.266 e. The molecule has 4 rings (SSSR count). The Bertz CT molecular complexity index is 966. The van der Waals surface area contributed by atoms with E-state index >= 15 is 0 Å². The number of carbonyl (C=O) groups excluding carboxylic acids is 1. The van der Waals surface area contributed by atoms with Crippen LogP contribution in [0.5, 0.6) is 0 Å². The van der Waals surface area contributed by atoms with Crippen LogP contribution in [0.15, 0.2) is 30.3 Å². The van der Waals surface area contributed by atoms with Crippen LogP contribution in [-0.2, 0) is 0 Å². The molecule has 3 aromatic rings. The Hall–Kier alpha value is -2.47. The molecular weight excluding hydrogens is 332 g/mol. The SMILES string of the molecule is Cc1nnc2sc(C(=O)N3CC(c4ccccc4)C3C)c(N)c2c1C. The molecule has 2 aromatic heterocycles. The lowest BCUT2D eigenvalue weighted by Crippen LogP contribution is -2.55. The number of nitrogen functional groups attached to an aromatic ring is 1. The summed E-state index contributed by atoms with van der Waals surface area (Å²) in [6, 6.07) is 10.5. The zero-order valence-corrected chi connectivity index (χ0v) is 15.3. The summed E-state index contributed by atoms with van der Waals surface area (Å²) in [7, 11) is 0. The number of anilines is 1. The van der Waals surface area contributed by atoms with Crippen LogP contribution in [0.3, 0.4) is 0 Å². The third-order valence-electron chi connectivity index (χ3n) is 5.29. The maximum Gasteiger partial charge on any atom is 0.266 e. The Balaban J connectivity index is 1.64. The minimum absolute atomic E-state index is 0.00256. The van der Waals surface area contributed by atoms with Crippen LogP contribution in [0.4, 0.5) is 5.69 Å². The van der Waals surface area contributed by atoms with Crippen LogP contribution in [0.2, 0.25) is 0 Å². The van der Waals surface area contributed by atoms with Gasteiger partial charge >= 0.3 is 0 Å². The quantitative estimate of drug-likeness (QED) is 0.766. The lowest BCUT2D eigenvalue weighted by molar-refractivity contribution is 0.0414. The van der Waals surface area contributed by atoms with Crippen LogP contribution in [0.25, 0.3) is 10.2 Å². The molecule has 2 atom stereocenters.